The van der Waals surface area contributed by atoms with Crippen LogP contribution in [0.2, 0.25) is 0 Å². The van der Waals surface area contributed by atoms with Crippen LogP contribution >= 0.6 is 0 Å². The van der Waals surface area contributed by atoms with Crippen molar-refractivity contribution in [1.82, 2.24) is 4.90 Å². The van der Waals surface area contributed by atoms with E-state index in [9.17, 15) is 14.4 Å². The molecule has 0 heterocycles. The van der Waals surface area contributed by atoms with Crippen molar-refractivity contribution in [2.45, 2.75) is 32.4 Å². The van der Waals surface area contributed by atoms with Gasteiger partial charge >= 0.3 is 12.1 Å². The number of nitrogens with two attached hydrogens (primary N) is 1. The first-order valence-corrected chi connectivity index (χ1v) is 5.58. The van der Waals surface area contributed by atoms with Crippen LogP contribution in [0.15, 0.2) is 0 Å². The summed E-state index contributed by atoms with van der Waals surface area (Å²) in [6.07, 6.45) is -0.934. The van der Waals surface area contributed by atoms with E-state index in [1.807, 2.05) is 0 Å². The lowest BCUT2D eigenvalue weighted by molar-refractivity contribution is -0.140. The van der Waals surface area contributed by atoms with Crippen LogP contribution in [0.5, 0.6) is 0 Å². The average molecular weight is 276 g/mol. The highest BCUT2D eigenvalue weighted by molar-refractivity contribution is 5.86. The molecular weight excluding hydrogens is 256 g/mol. The molecule has 8 nitrogen and oxygen atoms in total. The number of primary amides is 1. The summed E-state index contributed by atoms with van der Waals surface area (Å²) in [5.74, 6) is -2.15. The predicted molar refractivity (Wildman–Crippen MR) is 65.4 cm³/mol. The molecule has 0 radical (unpaired) electrons. The zero-order valence-electron chi connectivity index (χ0n) is 11.5. The number of methoxy groups -OCH3 is 1. The highest BCUT2D eigenvalue weighted by Crippen LogP contribution is 2.12. The van der Waals surface area contributed by atoms with Crippen molar-refractivity contribution < 1.29 is 29.0 Å². The Morgan fingerprint density at radius 3 is 2.16 bits per heavy atom. The molecule has 0 aliphatic carbocycles. The SMILES string of the molecule is COCC(C(N)=O)N(CC(=O)O)C(=O)OC(C)(C)C. The van der Waals surface area contributed by atoms with Crippen molar-refractivity contribution in [2.24, 2.45) is 5.73 Å². The van der Waals surface area contributed by atoms with Crippen molar-refractivity contribution in [2.75, 3.05) is 20.3 Å². The van der Waals surface area contributed by atoms with E-state index < -0.39 is 36.2 Å². The molecule has 8 heteroatoms. The van der Waals surface area contributed by atoms with Crippen molar-refractivity contribution >= 4 is 18.0 Å². The van der Waals surface area contributed by atoms with Crippen LogP contribution in [-0.2, 0) is 19.1 Å². The van der Waals surface area contributed by atoms with Gasteiger partial charge in [-0.2, -0.15) is 0 Å². The fourth-order valence-corrected chi connectivity index (χ4v) is 1.25. The second-order valence-corrected chi connectivity index (χ2v) is 4.88. The van der Waals surface area contributed by atoms with Crippen molar-refractivity contribution in [3.8, 4) is 0 Å². The van der Waals surface area contributed by atoms with E-state index in [4.69, 9.17) is 20.3 Å². The van der Waals surface area contributed by atoms with Gasteiger partial charge in [-0.25, -0.2) is 4.79 Å². The van der Waals surface area contributed by atoms with Crippen molar-refractivity contribution in [1.29, 1.82) is 0 Å². The normalized spacial score (nSPS) is 12.6. The number of hydrogen-bond acceptors (Lipinski definition) is 5. The lowest BCUT2D eigenvalue weighted by Crippen LogP contribution is -2.53. The van der Waals surface area contributed by atoms with E-state index in [0.717, 1.165) is 4.90 Å². The van der Waals surface area contributed by atoms with E-state index in [0.29, 0.717) is 0 Å². The molecule has 1 unspecified atom stereocenters. The van der Waals surface area contributed by atoms with Gasteiger partial charge in [0, 0.05) is 7.11 Å². The van der Waals surface area contributed by atoms with Crippen LogP contribution in [0.4, 0.5) is 4.79 Å². The fourth-order valence-electron chi connectivity index (χ4n) is 1.25. The molecule has 1 atom stereocenters. The molecule has 110 valence electrons. The second kappa shape index (κ2) is 6.93. The standard InChI is InChI=1S/C11H20N2O6/c1-11(2,3)19-10(17)13(5-8(14)15)7(6-18-4)9(12)16/h7H,5-6H2,1-4H3,(H2,12,16)(H,14,15). The molecule has 3 N–H and O–H groups in total. The second-order valence-electron chi connectivity index (χ2n) is 4.88. The molecule has 19 heavy (non-hydrogen) atoms. The van der Waals surface area contributed by atoms with Gasteiger partial charge in [0.2, 0.25) is 5.91 Å². The number of carboxylic acids is 1. The summed E-state index contributed by atoms with van der Waals surface area (Å²) in [6.45, 7) is 3.96. The first-order chi connectivity index (χ1) is 8.58. The highest BCUT2D eigenvalue weighted by atomic mass is 16.6. The van der Waals surface area contributed by atoms with Gasteiger partial charge in [-0.3, -0.25) is 14.5 Å². The first kappa shape index (κ1) is 17.2. The molecule has 0 rings (SSSR count). The Balaban J connectivity index is 5.11. The van der Waals surface area contributed by atoms with E-state index in [2.05, 4.69) is 0 Å². The van der Waals surface area contributed by atoms with Crippen LogP contribution in [-0.4, -0.2) is 59.9 Å². The molecule has 0 aliphatic heterocycles. The molecule has 0 aromatic carbocycles. The smallest absolute Gasteiger partial charge is 0.411 e. The Labute approximate surface area is 111 Å². The van der Waals surface area contributed by atoms with E-state index in [1.165, 1.54) is 7.11 Å². The van der Waals surface area contributed by atoms with Gasteiger partial charge in [0.25, 0.3) is 0 Å². The van der Waals surface area contributed by atoms with Crippen LogP contribution in [0.3, 0.4) is 0 Å². The van der Waals surface area contributed by atoms with Gasteiger partial charge in [-0.1, -0.05) is 0 Å². The predicted octanol–water partition coefficient (Wildman–Crippen LogP) is -0.192. The fraction of sp³-hybridized carbons (Fsp3) is 0.727. The van der Waals surface area contributed by atoms with Gasteiger partial charge in [-0.15, -0.1) is 0 Å². The van der Waals surface area contributed by atoms with E-state index in [-0.39, 0.29) is 6.61 Å². The Hall–Kier alpha value is -1.83. The minimum Gasteiger partial charge on any atom is -0.480 e. The van der Waals surface area contributed by atoms with Crippen molar-refractivity contribution in [3.05, 3.63) is 0 Å². The quantitative estimate of drug-likeness (QED) is 0.693. The Kier molecular flexibility index (Phi) is 6.26. The third-order valence-electron chi connectivity index (χ3n) is 1.96. The lowest BCUT2D eigenvalue weighted by Gasteiger charge is -2.30. The van der Waals surface area contributed by atoms with Crippen LogP contribution in [0.1, 0.15) is 20.8 Å². The number of ether oxygens (including phenoxy) is 2. The number of hydrogen-bond donors (Lipinski definition) is 2. The first-order valence-electron chi connectivity index (χ1n) is 5.58. The molecule has 0 aliphatic rings. The van der Waals surface area contributed by atoms with Gasteiger partial charge < -0.3 is 20.3 Å². The van der Waals surface area contributed by atoms with Crippen LogP contribution < -0.4 is 5.73 Å². The van der Waals surface area contributed by atoms with Crippen LogP contribution in [0.25, 0.3) is 0 Å². The number of amides is 2. The van der Waals surface area contributed by atoms with Gasteiger partial charge in [0.15, 0.2) is 0 Å². The summed E-state index contributed by atoms with van der Waals surface area (Å²) in [7, 11) is 1.31. The summed E-state index contributed by atoms with van der Waals surface area (Å²) in [5.41, 5.74) is 4.32. The zero-order valence-corrected chi connectivity index (χ0v) is 11.5. The topological polar surface area (TPSA) is 119 Å². The monoisotopic (exact) mass is 276 g/mol. The summed E-state index contributed by atoms with van der Waals surface area (Å²) in [6, 6.07) is -1.20. The summed E-state index contributed by atoms with van der Waals surface area (Å²) in [5, 5.41) is 8.79. The molecule has 0 aromatic rings. The van der Waals surface area contributed by atoms with Gasteiger partial charge in [-0.05, 0) is 20.8 Å². The molecule has 0 aromatic heterocycles. The number of nitrogens with zero attached hydrogens (tertiary/aromatic N) is 1. The van der Waals surface area contributed by atoms with E-state index >= 15 is 0 Å². The largest absolute Gasteiger partial charge is 0.480 e. The van der Waals surface area contributed by atoms with E-state index in [1.54, 1.807) is 20.8 Å². The Morgan fingerprint density at radius 1 is 1.32 bits per heavy atom. The van der Waals surface area contributed by atoms with Gasteiger partial charge in [0.1, 0.15) is 18.2 Å². The van der Waals surface area contributed by atoms with Crippen molar-refractivity contribution in [3.63, 3.8) is 0 Å². The maximum Gasteiger partial charge on any atom is 0.411 e. The maximum absolute atomic E-state index is 11.9. The zero-order chi connectivity index (χ0) is 15.2. The number of carboxylic acid groups (broad SMARTS) is 1. The number of aliphatic carboxylic acids is 1. The summed E-state index contributed by atoms with van der Waals surface area (Å²) >= 11 is 0. The summed E-state index contributed by atoms with van der Waals surface area (Å²) in [4.78, 5) is 34.7. The summed E-state index contributed by atoms with van der Waals surface area (Å²) < 4.78 is 9.80. The molecule has 0 saturated heterocycles. The van der Waals surface area contributed by atoms with Gasteiger partial charge in [0.05, 0.1) is 6.61 Å². The number of carbonyl (C=O) groups excluding carboxylic acids is 2. The lowest BCUT2D eigenvalue weighted by atomic mass is 10.2. The maximum atomic E-state index is 11.9. The molecule has 0 fully saturated rings. The van der Waals surface area contributed by atoms with Crippen LogP contribution in [0, 0.1) is 0 Å². The minimum absolute atomic E-state index is 0.206. The molecule has 0 spiro atoms. The third kappa shape index (κ3) is 6.61. The Morgan fingerprint density at radius 2 is 1.84 bits per heavy atom. The molecule has 2 amide bonds. The number of carbonyl (C=O) groups is 3. The minimum atomic E-state index is -1.28. The Bertz CT molecular complexity index is 350. The third-order valence-corrected chi connectivity index (χ3v) is 1.96. The number of rotatable bonds is 6. The highest BCUT2D eigenvalue weighted by Gasteiger charge is 2.33. The average Bonchev–Trinajstić information content (AvgIpc) is 2.19. The molecular formula is C11H20N2O6. The molecule has 0 bridgehead atoms. The molecule has 0 saturated carbocycles.